The predicted molar refractivity (Wildman–Crippen MR) is 68.1 cm³/mol. The van der Waals surface area contributed by atoms with E-state index in [1.807, 2.05) is 18.2 Å². The molecule has 0 aliphatic carbocycles. The number of carbonyl (C=O) groups is 1. The lowest BCUT2D eigenvalue weighted by Gasteiger charge is -2.11. The standard InChI is InChI=1S/C11H14INO2/c1-13(2)11(14)7-8-6-9(15-3)4-5-10(8)12/h4-6H,7H2,1-3H3. The Bertz CT molecular complexity index is 364. The maximum Gasteiger partial charge on any atom is 0.226 e. The van der Waals surface area contributed by atoms with E-state index in [0.717, 1.165) is 14.9 Å². The van der Waals surface area contributed by atoms with Crippen LogP contribution in [-0.4, -0.2) is 32.0 Å². The Kier molecular flexibility index (Phi) is 4.38. The molecule has 4 heteroatoms. The minimum absolute atomic E-state index is 0.0983. The molecule has 0 fully saturated rings. The molecule has 82 valence electrons. The normalized spacial score (nSPS) is 9.87. The number of hydrogen-bond acceptors (Lipinski definition) is 2. The van der Waals surface area contributed by atoms with E-state index in [9.17, 15) is 4.79 Å². The molecule has 0 saturated heterocycles. The van der Waals surface area contributed by atoms with Gasteiger partial charge in [-0.05, 0) is 46.4 Å². The van der Waals surface area contributed by atoms with Gasteiger partial charge in [0.05, 0.1) is 13.5 Å². The fourth-order valence-electron chi connectivity index (χ4n) is 1.13. The third-order valence-electron chi connectivity index (χ3n) is 2.09. The molecule has 0 bridgehead atoms. The lowest BCUT2D eigenvalue weighted by Crippen LogP contribution is -2.23. The van der Waals surface area contributed by atoms with Crippen LogP contribution in [0.4, 0.5) is 0 Å². The van der Waals surface area contributed by atoms with Crippen LogP contribution < -0.4 is 4.74 Å². The van der Waals surface area contributed by atoms with Gasteiger partial charge in [0.2, 0.25) is 5.91 Å². The number of methoxy groups -OCH3 is 1. The quantitative estimate of drug-likeness (QED) is 0.797. The Hall–Kier alpha value is -0.780. The van der Waals surface area contributed by atoms with Gasteiger partial charge in [-0.3, -0.25) is 4.79 Å². The molecule has 0 heterocycles. The van der Waals surface area contributed by atoms with Crippen LogP contribution in [0.3, 0.4) is 0 Å². The van der Waals surface area contributed by atoms with Crippen molar-refractivity contribution in [1.29, 1.82) is 0 Å². The van der Waals surface area contributed by atoms with Crippen molar-refractivity contribution in [3.8, 4) is 5.75 Å². The first kappa shape index (κ1) is 12.3. The molecule has 0 N–H and O–H groups in total. The maximum absolute atomic E-state index is 11.5. The zero-order valence-electron chi connectivity index (χ0n) is 9.08. The Labute approximate surface area is 104 Å². The minimum atomic E-state index is 0.0983. The summed E-state index contributed by atoms with van der Waals surface area (Å²) in [6.45, 7) is 0. The highest BCUT2D eigenvalue weighted by atomic mass is 127. The SMILES string of the molecule is COc1ccc(I)c(CC(=O)N(C)C)c1. The molecule has 1 aromatic rings. The summed E-state index contributed by atoms with van der Waals surface area (Å²) in [6.07, 6.45) is 0.419. The summed E-state index contributed by atoms with van der Waals surface area (Å²) >= 11 is 2.22. The highest BCUT2D eigenvalue weighted by molar-refractivity contribution is 14.1. The Morgan fingerprint density at radius 1 is 1.47 bits per heavy atom. The first-order chi connectivity index (χ1) is 7.04. The van der Waals surface area contributed by atoms with E-state index in [0.29, 0.717) is 6.42 Å². The molecular formula is C11H14INO2. The van der Waals surface area contributed by atoms with Gasteiger partial charge in [0.1, 0.15) is 5.75 Å². The Balaban J connectivity index is 2.88. The van der Waals surface area contributed by atoms with E-state index in [-0.39, 0.29) is 5.91 Å². The average Bonchev–Trinajstić information content (AvgIpc) is 2.21. The number of carbonyl (C=O) groups excluding carboxylic acids is 1. The van der Waals surface area contributed by atoms with Crippen LogP contribution >= 0.6 is 22.6 Å². The molecular weight excluding hydrogens is 305 g/mol. The molecule has 0 spiro atoms. The van der Waals surface area contributed by atoms with Crippen molar-refractivity contribution in [1.82, 2.24) is 4.90 Å². The average molecular weight is 319 g/mol. The van der Waals surface area contributed by atoms with Gasteiger partial charge in [0.15, 0.2) is 0 Å². The number of likely N-dealkylation sites (N-methyl/N-ethyl adjacent to an activating group) is 1. The van der Waals surface area contributed by atoms with Crippen molar-refractivity contribution < 1.29 is 9.53 Å². The van der Waals surface area contributed by atoms with Crippen LogP contribution in [0, 0.1) is 3.57 Å². The monoisotopic (exact) mass is 319 g/mol. The highest BCUT2D eigenvalue weighted by Gasteiger charge is 2.09. The van der Waals surface area contributed by atoms with E-state index in [4.69, 9.17) is 4.74 Å². The van der Waals surface area contributed by atoms with Gasteiger partial charge in [-0.25, -0.2) is 0 Å². The lowest BCUT2D eigenvalue weighted by atomic mass is 10.1. The maximum atomic E-state index is 11.5. The van der Waals surface area contributed by atoms with Gasteiger partial charge in [0.25, 0.3) is 0 Å². The van der Waals surface area contributed by atoms with Gasteiger partial charge in [-0.1, -0.05) is 0 Å². The molecule has 15 heavy (non-hydrogen) atoms. The molecule has 1 amide bonds. The van der Waals surface area contributed by atoms with Crippen LogP contribution in [0.2, 0.25) is 0 Å². The van der Waals surface area contributed by atoms with Gasteiger partial charge in [0, 0.05) is 17.7 Å². The number of rotatable bonds is 3. The summed E-state index contributed by atoms with van der Waals surface area (Å²) in [5.74, 6) is 0.887. The fourth-order valence-corrected chi connectivity index (χ4v) is 1.66. The molecule has 0 aliphatic rings. The summed E-state index contributed by atoms with van der Waals surface area (Å²) in [5.41, 5.74) is 1.01. The smallest absolute Gasteiger partial charge is 0.226 e. The first-order valence-electron chi connectivity index (χ1n) is 4.57. The third kappa shape index (κ3) is 3.37. The molecule has 3 nitrogen and oxygen atoms in total. The van der Waals surface area contributed by atoms with E-state index in [1.54, 1.807) is 26.1 Å². The fraction of sp³-hybridized carbons (Fsp3) is 0.364. The van der Waals surface area contributed by atoms with Crippen molar-refractivity contribution in [2.24, 2.45) is 0 Å². The molecule has 1 aromatic carbocycles. The number of benzene rings is 1. The summed E-state index contributed by atoms with van der Waals surface area (Å²) < 4.78 is 6.21. The molecule has 0 atom stereocenters. The van der Waals surface area contributed by atoms with Crippen molar-refractivity contribution in [3.63, 3.8) is 0 Å². The second-order valence-corrected chi connectivity index (χ2v) is 4.58. The van der Waals surface area contributed by atoms with Gasteiger partial charge < -0.3 is 9.64 Å². The van der Waals surface area contributed by atoms with Crippen LogP contribution in [0.25, 0.3) is 0 Å². The number of halogens is 1. The van der Waals surface area contributed by atoms with E-state index < -0.39 is 0 Å². The van der Waals surface area contributed by atoms with Crippen molar-refractivity contribution in [2.75, 3.05) is 21.2 Å². The number of hydrogen-bond donors (Lipinski definition) is 0. The van der Waals surface area contributed by atoms with Crippen LogP contribution in [0.5, 0.6) is 5.75 Å². The van der Waals surface area contributed by atoms with E-state index >= 15 is 0 Å². The van der Waals surface area contributed by atoms with Crippen molar-refractivity contribution >= 4 is 28.5 Å². The summed E-state index contributed by atoms with van der Waals surface area (Å²) in [5, 5.41) is 0. The molecule has 0 aliphatic heterocycles. The van der Waals surface area contributed by atoms with Crippen molar-refractivity contribution in [3.05, 3.63) is 27.3 Å². The number of amides is 1. The Morgan fingerprint density at radius 3 is 2.67 bits per heavy atom. The highest BCUT2D eigenvalue weighted by Crippen LogP contribution is 2.20. The van der Waals surface area contributed by atoms with Crippen molar-refractivity contribution in [2.45, 2.75) is 6.42 Å². The van der Waals surface area contributed by atoms with Crippen LogP contribution in [-0.2, 0) is 11.2 Å². The predicted octanol–water partition coefficient (Wildman–Crippen LogP) is 1.93. The van der Waals surface area contributed by atoms with Gasteiger partial charge >= 0.3 is 0 Å². The molecule has 0 saturated carbocycles. The van der Waals surface area contributed by atoms with Gasteiger partial charge in [-0.2, -0.15) is 0 Å². The zero-order valence-corrected chi connectivity index (χ0v) is 11.2. The second-order valence-electron chi connectivity index (χ2n) is 3.42. The molecule has 0 aromatic heterocycles. The van der Waals surface area contributed by atoms with E-state index in [2.05, 4.69) is 22.6 Å². The third-order valence-corrected chi connectivity index (χ3v) is 3.15. The largest absolute Gasteiger partial charge is 0.497 e. The second kappa shape index (κ2) is 5.34. The zero-order chi connectivity index (χ0) is 11.4. The number of ether oxygens (including phenoxy) is 1. The summed E-state index contributed by atoms with van der Waals surface area (Å²) in [7, 11) is 5.14. The van der Waals surface area contributed by atoms with Crippen LogP contribution in [0.1, 0.15) is 5.56 Å². The Morgan fingerprint density at radius 2 is 2.13 bits per heavy atom. The number of nitrogens with zero attached hydrogens (tertiary/aromatic N) is 1. The first-order valence-corrected chi connectivity index (χ1v) is 5.65. The van der Waals surface area contributed by atoms with Gasteiger partial charge in [-0.15, -0.1) is 0 Å². The summed E-state index contributed by atoms with van der Waals surface area (Å²) in [4.78, 5) is 13.1. The molecule has 0 radical (unpaired) electrons. The topological polar surface area (TPSA) is 29.5 Å². The summed E-state index contributed by atoms with van der Waals surface area (Å²) in [6, 6.07) is 5.76. The van der Waals surface area contributed by atoms with E-state index in [1.165, 1.54) is 0 Å². The minimum Gasteiger partial charge on any atom is -0.497 e. The lowest BCUT2D eigenvalue weighted by molar-refractivity contribution is -0.127. The van der Waals surface area contributed by atoms with Crippen LogP contribution in [0.15, 0.2) is 18.2 Å². The molecule has 0 unspecified atom stereocenters. The molecule has 1 rings (SSSR count).